The van der Waals surface area contributed by atoms with E-state index >= 15 is 0 Å². The molecule has 0 unspecified atom stereocenters. The van der Waals surface area contributed by atoms with Gasteiger partial charge in [0.15, 0.2) is 0 Å². The van der Waals surface area contributed by atoms with Gasteiger partial charge in [0.25, 0.3) is 0 Å². The number of nitrogens with one attached hydrogen (secondary N) is 1. The van der Waals surface area contributed by atoms with Crippen molar-refractivity contribution in [1.82, 2.24) is 0 Å². The molecule has 1 N–H and O–H groups in total. The standard InChI is InChI=1S/C19H17ClFNO3S/c1-25-19(24)17-12-5-2-3-8-15(12)26-18(17)22-16(23)10-9-11-13(20)6-4-7-14(11)21/h4,6-7,9-10H,2-3,5,8H2,1H3,(H,22,23). The number of esters is 1. The number of fused-ring (bicyclic) bond motifs is 1. The quantitative estimate of drug-likeness (QED) is 0.596. The highest BCUT2D eigenvalue weighted by Gasteiger charge is 2.26. The molecular weight excluding hydrogens is 377 g/mol. The van der Waals surface area contributed by atoms with Gasteiger partial charge in [0, 0.05) is 16.5 Å². The summed E-state index contributed by atoms with van der Waals surface area (Å²) in [7, 11) is 1.32. The Morgan fingerprint density at radius 3 is 2.81 bits per heavy atom. The van der Waals surface area contributed by atoms with Crippen molar-refractivity contribution in [2.45, 2.75) is 25.7 Å². The lowest BCUT2D eigenvalue weighted by Gasteiger charge is -2.11. The van der Waals surface area contributed by atoms with Crippen molar-refractivity contribution >= 4 is 45.9 Å². The second kappa shape index (κ2) is 8.01. The van der Waals surface area contributed by atoms with Gasteiger partial charge in [-0.15, -0.1) is 11.3 Å². The number of halogens is 2. The summed E-state index contributed by atoms with van der Waals surface area (Å²) in [4.78, 5) is 25.5. The summed E-state index contributed by atoms with van der Waals surface area (Å²) >= 11 is 7.34. The number of methoxy groups -OCH3 is 1. The first-order valence-corrected chi connectivity index (χ1v) is 9.36. The number of anilines is 1. The molecule has 0 saturated carbocycles. The van der Waals surface area contributed by atoms with Gasteiger partial charge in [-0.05, 0) is 49.5 Å². The molecule has 1 heterocycles. The van der Waals surface area contributed by atoms with Gasteiger partial charge in [-0.3, -0.25) is 4.79 Å². The van der Waals surface area contributed by atoms with E-state index in [1.54, 1.807) is 6.07 Å². The summed E-state index contributed by atoms with van der Waals surface area (Å²) in [6, 6.07) is 4.31. The maximum absolute atomic E-state index is 13.8. The van der Waals surface area contributed by atoms with Crippen LogP contribution in [0.1, 0.15) is 39.2 Å². The Balaban J connectivity index is 1.84. The van der Waals surface area contributed by atoms with Crippen molar-refractivity contribution in [3.05, 3.63) is 56.7 Å². The lowest BCUT2D eigenvalue weighted by Crippen LogP contribution is -2.13. The molecule has 1 aromatic carbocycles. The molecule has 0 saturated heterocycles. The molecule has 0 spiro atoms. The molecule has 0 bridgehead atoms. The van der Waals surface area contributed by atoms with E-state index in [1.165, 1.54) is 42.7 Å². The summed E-state index contributed by atoms with van der Waals surface area (Å²) in [5.41, 5.74) is 1.53. The molecule has 26 heavy (non-hydrogen) atoms. The van der Waals surface area contributed by atoms with Crippen molar-refractivity contribution in [2.24, 2.45) is 0 Å². The zero-order valence-electron chi connectivity index (χ0n) is 14.1. The van der Waals surface area contributed by atoms with E-state index in [2.05, 4.69) is 5.32 Å². The topological polar surface area (TPSA) is 55.4 Å². The fourth-order valence-electron chi connectivity index (χ4n) is 2.95. The number of thiophene rings is 1. The van der Waals surface area contributed by atoms with Gasteiger partial charge in [-0.25, -0.2) is 9.18 Å². The minimum absolute atomic E-state index is 0.142. The number of ether oxygens (including phenoxy) is 1. The highest BCUT2D eigenvalue weighted by atomic mass is 35.5. The number of hydrogen-bond acceptors (Lipinski definition) is 4. The van der Waals surface area contributed by atoms with E-state index in [-0.39, 0.29) is 10.6 Å². The van der Waals surface area contributed by atoms with Crippen LogP contribution in [0.5, 0.6) is 0 Å². The Morgan fingerprint density at radius 2 is 2.08 bits per heavy atom. The first-order chi connectivity index (χ1) is 12.5. The van der Waals surface area contributed by atoms with Crippen molar-refractivity contribution < 1.29 is 18.7 Å². The maximum Gasteiger partial charge on any atom is 0.341 e. The van der Waals surface area contributed by atoms with E-state index < -0.39 is 17.7 Å². The molecule has 0 radical (unpaired) electrons. The highest BCUT2D eigenvalue weighted by molar-refractivity contribution is 7.17. The molecule has 136 valence electrons. The highest BCUT2D eigenvalue weighted by Crippen LogP contribution is 2.38. The molecule has 3 rings (SSSR count). The second-order valence-electron chi connectivity index (χ2n) is 5.86. The molecule has 1 amide bonds. The fourth-order valence-corrected chi connectivity index (χ4v) is 4.46. The SMILES string of the molecule is COC(=O)c1c(NC(=O)C=Cc2c(F)cccc2Cl)sc2c1CCCC2. The molecule has 4 nitrogen and oxygen atoms in total. The third kappa shape index (κ3) is 3.81. The van der Waals surface area contributed by atoms with Crippen LogP contribution in [0.3, 0.4) is 0 Å². The van der Waals surface area contributed by atoms with Crippen molar-refractivity contribution in [3.8, 4) is 0 Å². The Labute approximate surface area is 159 Å². The van der Waals surface area contributed by atoms with Gasteiger partial charge in [-0.2, -0.15) is 0 Å². The van der Waals surface area contributed by atoms with Crippen LogP contribution in [0.2, 0.25) is 5.02 Å². The molecule has 0 aliphatic heterocycles. The third-order valence-corrected chi connectivity index (χ3v) is 5.74. The Bertz CT molecular complexity index is 871. The minimum Gasteiger partial charge on any atom is -0.465 e. The van der Waals surface area contributed by atoms with E-state index in [0.29, 0.717) is 10.6 Å². The number of amides is 1. The van der Waals surface area contributed by atoms with Gasteiger partial charge in [-0.1, -0.05) is 17.7 Å². The Kier molecular flexibility index (Phi) is 5.74. The summed E-state index contributed by atoms with van der Waals surface area (Å²) < 4.78 is 18.6. The molecule has 2 aromatic rings. The molecule has 1 aliphatic rings. The minimum atomic E-state index is -0.511. The van der Waals surface area contributed by atoms with Crippen molar-refractivity contribution in [1.29, 1.82) is 0 Å². The summed E-state index contributed by atoms with van der Waals surface area (Å²) in [5.74, 6) is -1.43. The maximum atomic E-state index is 13.8. The number of benzene rings is 1. The summed E-state index contributed by atoms with van der Waals surface area (Å²) in [6.07, 6.45) is 6.27. The molecule has 1 aliphatic carbocycles. The summed E-state index contributed by atoms with van der Waals surface area (Å²) in [5, 5.41) is 3.41. The first-order valence-electron chi connectivity index (χ1n) is 8.17. The lowest BCUT2D eigenvalue weighted by atomic mass is 9.95. The van der Waals surface area contributed by atoms with E-state index in [0.717, 1.165) is 36.1 Å². The molecule has 0 atom stereocenters. The van der Waals surface area contributed by atoms with Crippen LogP contribution in [0, 0.1) is 5.82 Å². The Hall–Kier alpha value is -2.18. The van der Waals surface area contributed by atoms with Gasteiger partial charge in [0.1, 0.15) is 10.8 Å². The molecule has 1 aromatic heterocycles. The largest absolute Gasteiger partial charge is 0.465 e. The van der Waals surface area contributed by atoms with Crippen LogP contribution in [-0.2, 0) is 22.4 Å². The van der Waals surface area contributed by atoms with Crippen LogP contribution in [0.25, 0.3) is 6.08 Å². The fraction of sp³-hybridized carbons (Fsp3) is 0.263. The number of rotatable bonds is 4. The summed E-state index contributed by atoms with van der Waals surface area (Å²) in [6.45, 7) is 0. The van der Waals surface area contributed by atoms with Gasteiger partial charge < -0.3 is 10.1 Å². The number of aryl methyl sites for hydroxylation is 1. The Morgan fingerprint density at radius 1 is 1.31 bits per heavy atom. The average molecular weight is 394 g/mol. The van der Waals surface area contributed by atoms with Crippen LogP contribution in [-0.4, -0.2) is 19.0 Å². The zero-order valence-corrected chi connectivity index (χ0v) is 15.7. The van der Waals surface area contributed by atoms with Gasteiger partial charge >= 0.3 is 5.97 Å². The lowest BCUT2D eigenvalue weighted by molar-refractivity contribution is -0.111. The average Bonchev–Trinajstić information content (AvgIpc) is 2.98. The van der Waals surface area contributed by atoms with E-state index in [9.17, 15) is 14.0 Å². The normalized spacial score (nSPS) is 13.5. The predicted octanol–water partition coefficient (Wildman–Crippen LogP) is 4.86. The zero-order chi connectivity index (χ0) is 18.7. The van der Waals surface area contributed by atoms with Gasteiger partial charge in [0.2, 0.25) is 5.91 Å². The van der Waals surface area contributed by atoms with Crippen molar-refractivity contribution in [2.75, 3.05) is 12.4 Å². The van der Waals surface area contributed by atoms with Crippen LogP contribution >= 0.6 is 22.9 Å². The second-order valence-corrected chi connectivity index (χ2v) is 7.38. The molecule has 0 fully saturated rings. The monoisotopic (exact) mass is 393 g/mol. The number of carbonyl (C=O) groups excluding carboxylic acids is 2. The molecule has 7 heteroatoms. The predicted molar refractivity (Wildman–Crippen MR) is 101 cm³/mol. The number of hydrogen-bond donors (Lipinski definition) is 1. The third-order valence-electron chi connectivity index (χ3n) is 4.20. The first kappa shape index (κ1) is 18.6. The smallest absolute Gasteiger partial charge is 0.341 e. The van der Waals surface area contributed by atoms with Crippen molar-refractivity contribution in [3.63, 3.8) is 0 Å². The van der Waals surface area contributed by atoms with Crippen LogP contribution in [0.15, 0.2) is 24.3 Å². The van der Waals surface area contributed by atoms with Gasteiger partial charge in [0.05, 0.1) is 17.7 Å². The molecular formula is C19H17ClFNO3S. The van der Waals surface area contributed by atoms with Crippen LogP contribution in [0.4, 0.5) is 9.39 Å². The van der Waals surface area contributed by atoms with E-state index in [4.69, 9.17) is 16.3 Å². The number of carbonyl (C=O) groups is 2. The van der Waals surface area contributed by atoms with Crippen LogP contribution < -0.4 is 5.32 Å². The van der Waals surface area contributed by atoms with E-state index in [1.807, 2.05) is 0 Å².